The lowest BCUT2D eigenvalue weighted by molar-refractivity contribution is -0.136. The van der Waals surface area contributed by atoms with Crippen molar-refractivity contribution in [1.82, 2.24) is 14.7 Å². The third-order valence-corrected chi connectivity index (χ3v) is 13.3. The highest BCUT2D eigenvalue weighted by Gasteiger charge is 2.67. The number of primary amides is 1. The molecular formula is C39H36ClN5O8S. The molecule has 0 spiro atoms. The average Bonchev–Trinajstić information content (AvgIpc) is 3.81. The van der Waals surface area contributed by atoms with Crippen molar-refractivity contribution in [2.75, 3.05) is 19.1 Å². The highest BCUT2D eigenvalue weighted by molar-refractivity contribution is 7.22. The largest absolute Gasteiger partial charge is 0.502 e. The number of carbonyl (C=O) groups is 5. The SMILES string of the molecule is COc1cc(C=CC2C3=CCC4C(=O)N(C(N)=O)C(=O)C4C3CC3C(=O)N(c4cc(-c5sc6ccc(Cl)cc6c5C)nn4C)C(=O)C23C)cc(OC)c1O. The van der Waals surface area contributed by atoms with Gasteiger partial charge in [-0.25, -0.2) is 9.69 Å². The lowest BCUT2D eigenvalue weighted by atomic mass is 9.52. The molecule has 3 fully saturated rings. The summed E-state index contributed by atoms with van der Waals surface area (Å²) in [6, 6.07) is 9.49. The van der Waals surface area contributed by atoms with Crippen LogP contribution in [0.15, 0.2) is 54.1 Å². The maximum absolute atomic E-state index is 15.0. The molecule has 13 nitrogen and oxygen atoms in total. The molecule has 2 aliphatic heterocycles. The standard InChI is InChI=1S/C39H36ClN5O8S/c1-17-22-14-19(40)7-11-29(22)54-33(17)26-16-30(43(3)42-26)44-35(48)25-15-23-20(8-9-21-31(23)36(49)45(34(21)47)38(41)51)24(39(25,2)37(44)50)10-6-18-12-27(52-4)32(46)28(13-18)53-5/h6-8,10-14,16,21,23-25,31,46H,9,15H2,1-5H3,(H2,41,51). The number of allylic oxidation sites excluding steroid dienone is 3. The Morgan fingerprint density at radius 1 is 1.06 bits per heavy atom. The minimum absolute atomic E-state index is 0.0995. The van der Waals surface area contributed by atoms with Gasteiger partial charge in [-0.15, -0.1) is 11.3 Å². The Labute approximate surface area is 318 Å². The van der Waals surface area contributed by atoms with Crippen LogP contribution < -0.4 is 20.1 Å². The Morgan fingerprint density at radius 3 is 2.43 bits per heavy atom. The number of ether oxygens (including phenoxy) is 2. The quantitative estimate of drug-likeness (QED) is 0.180. The molecule has 54 heavy (non-hydrogen) atoms. The number of hydrogen-bond donors (Lipinski definition) is 2. The van der Waals surface area contributed by atoms with E-state index in [1.54, 1.807) is 38.2 Å². The number of hydrogen-bond acceptors (Lipinski definition) is 10. The highest BCUT2D eigenvalue weighted by atomic mass is 35.5. The van der Waals surface area contributed by atoms with E-state index in [9.17, 15) is 29.1 Å². The first kappa shape index (κ1) is 35.6. The fourth-order valence-electron chi connectivity index (χ4n) is 9.09. The number of halogens is 1. The number of nitrogens with two attached hydrogens (primary N) is 1. The monoisotopic (exact) mass is 769 g/mol. The van der Waals surface area contributed by atoms with Gasteiger partial charge in [0.05, 0.1) is 42.3 Å². The zero-order valence-corrected chi connectivity index (χ0v) is 31.5. The summed E-state index contributed by atoms with van der Waals surface area (Å²) >= 11 is 7.83. The maximum atomic E-state index is 15.0. The van der Waals surface area contributed by atoms with Gasteiger partial charge >= 0.3 is 6.03 Å². The second-order valence-electron chi connectivity index (χ2n) is 14.4. The summed E-state index contributed by atoms with van der Waals surface area (Å²) in [5.74, 6) is -5.78. The number of aromatic hydroxyl groups is 1. The molecule has 0 bridgehead atoms. The van der Waals surface area contributed by atoms with Gasteiger partial charge in [0.15, 0.2) is 11.5 Å². The lowest BCUT2D eigenvalue weighted by Gasteiger charge is -2.47. The molecule has 6 unspecified atom stereocenters. The number of phenols is 1. The van der Waals surface area contributed by atoms with E-state index in [4.69, 9.17) is 31.9 Å². The number of fused-ring (bicyclic) bond motifs is 5. The van der Waals surface area contributed by atoms with Gasteiger partial charge in [0.1, 0.15) is 11.5 Å². The molecule has 4 aliphatic rings. The minimum atomic E-state index is -1.32. The van der Waals surface area contributed by atoms with Crippen LogP contribution in [-0.2, 0) is 26.2 Å². The first-order chi connectivity index (χ1) is 25.7. The second kappa shape index (κ2) is 12.6. The smallest absolute Gasteiger partial charge is 0.328 e. The summed E-state index contributed by atoms with van der Waals surface area (Å²) in [5, 5.41) is 16.9. The van der Waals surface area contributed by atoms with Crippen LogP contribution in [0.25, 0.3) is 26.7 Å². The van der Waals surface area contributed by atoms with Crippen molar-refractivity contribution in [3.8, 4) is 27.8 Å². The van der Waals surface area contributed by atoms with E-state index in [0.29, 0.717) is 27.0 Å². The maximum Gasteiger partial charge on any atom is 0.328 e. The molecule has 15 heteroatoms. The van der Waals surface area contributed by atoms with E-state index in [1.165, 1.54) is 35.1 Å². The van der Waals surface area contributed by atoms with Crippen molar-refractivity contribution in [3.05, 3.63) is 70.3 Å². The third kappa shape index (κ3) is 4.95. The number of amides is 6. The molecule has 278 valence electrons. The first-order valence-corrected chi connectivity index (χ1v) is 18.5. The summed E-state index contributed by atoms with van der Waals surface area (Å²) in [6.07, 6.45) is 5.70. The van der Waals surface area contributed by atoms with Gasteiger partial charge in [-0.3, -0.25) is 23.9 Å². The van der Waals surface area contributed by atoms with E-state index in [-0.39, 0.29) is 30.1 Å². The van der Waals surface area contributed by atoms with E-state index in [0.717, 1.165) is 26.1 Å². The number of phenolic OH excluding ortho intramolecular Hbond substituents is 1. The van der Waals surface area contributed by atoms with Crippen LogP contribution in [0, 0.1) is 41.9 Å². The number of thiophene rings is 1. The Morgan fingerprint density at radius 2 is 1.76 bits per heavy atom. The lowest BCUT2D eigenvalue weighted by Crippen LogP contribution is -2.49. The van der Waals surface area contributed by atoms with Crippen LogP contribution in [0.3, 0.4) is 0 Å². The van der Waals surface area contributed by atoms with E-state index >= 15 is 0 Å². The molecule has 0 radical (unpaired) electrons. The Bertz CT molecular complexity index is 2390. The van der Waals surface area contributed by atoms with Gasteiger partial charge in [-0.05, 0) is 79.5 Å². The number of carbonyl (C=O) groups excluding carboxylic acids is 5. The zero-order valence-electron chi connectivity index (χ0n) is 30.0. The van der Waals surface area contributed by atoms with Gasteiger partial charge in [0.2, 0.25) is 29.4 Å². The molecule has 4 heterocycles. The summed E-state index contributed by atoms with van der Waals surface area (Å²) < 4.78 is 13.3. The van der Waals surface area contributed by atoms with Crippen LogP contribution in [0.1, 0.15) is 30.9 Å². The van der Waals surface area contributed by atoms with Crippen molar-refractivity contribution in [3.63, 3.8) is 0 Å². The second-order valence-corrected chi connectivity index (χ2v) is 15.9. The molecule has 2 saturated heterocycles. The normalized spacial score (nSPS) is 26.4. The molecule has 2 aromatic carbocycles. The van der Waals surface area contributed by atoms with Crippen LogP contribution in [0.4, 0.5) is 10.6 Å². The van der Waals surface area contributed by atoms with Crippen LogP contribution in [0.5, 0.6) is 17.2 Å². The summed E-state index contributed by atoms with van der Waals surface area (Å²) in [7, 11) is 4.51. The number of imide groups is 4. The molecule has 6 amide bonds. The van der Waals surface area contributed by atoms with Crippen molar-refractivity contribution >= 4 is 74.6 Å². The van der Waals surface area contributed by atoms with Crippen molar-refractivity contribution in [2.24, 2.45) is 47.8 Å². The van der Waals surface area contributed by atoms with Crippen molar-refractivity contribution in [1.29, 1.82) is 0 Å². The van der Waals surface area contributed by atoms with Crippen molar-refractivity contribution < 1.29 is 38.6 Å². The van der Waals surface area contributed by atoms with Gasteiger partial charge in [0.25, 0.3) is 0 Å². The van der Waals surface area contributed by atoms with Gasteiger partial charge in [-0.2, -0.15) is 10.00 Å². The predicted octanol–water partition coefficient (Wildman–Crippen LogP) is 5.84. The van der Waals surface area contributed by atoms with E-state index in [2.05, 4.69) is 0 Å². The molecular weight excluding hydrogens is 734 g/mol. The fraction of sp³-hybridized carbons (Fsp3) is 0.333. The van der Waals surface area contributed by atoms with Crippen LogP contribution >= 0.6 is 22.9 Å². The zero-order chi connectivity index (χ0) is 38.5. The number of aryl methyl sites for hydroxylation is 2. The number of anilines is 1. The number of likely N-dealkylation sites (tertiary alicyclic amines) is 1. The number of urea groups is 1. The van der Waals surface area contributed by atoms with Crippen LogP contribution in [0.2, 0.25) is 5.02 Å². The fourth-order valence-corrected chi connectivity index (χ4v) is 10.4. The number of aromatic nitrogens is 2. The number of methoxy groups -OCH3 is 2. The molecule has 4 aromatic rings. The summed E-state index contributed by atoms with van der Waals surface area (Å²) in [5.41, 5.74) is 7.03. The average molecular weight is 770 g/mol. The molecule has 2 aromatic heterocycles. The predicted molar refractivity (Wildman–Crippen MR) is 201 cm³/mol. The first-order valence-electron chi connectivity index (χ1n) is 17.3. The Hall–Kier alpha value is -5.47. The van der Waals surface area contributed by atoms with Gasteiger partial charge in [-0.1, -0.05) is 35.4 Å². The molecule has 6 atom stereocenters. The van der Waals surface area contributed by atoms with Crippen molar-refractivity contribution in [2.45, 2.75) is 26.7 Å². The number of nitrogens with zero attached hydrogens (tertiary/aromatic N) is 4. The van der Waals surface area contributed by atoms with Gasteiger partial charge in [0, 0.05) is 28.8 Å². The molecule has 2 aliphatic carbocycles. The number of rotatable bonds is 6. The Kier molecular flexibility index (Phi) is 8.27. The van der Waals surface area contributed by atoms with Crippen LogP contribution in [-0.4, -0.2) is 63.7 Å². The Balaban J connectivity index is 1.24. The third-order valence-electron chi connectivity index (χ3n) is 11.8. The minimum Gasteiger partial charge on any atom is -0.502 e. The topological polar surface area (TPSA) is 174 Å². The van der Waals surface area contributed by atoms with E-state index in [1.807, 2.05) is 37.3 Å². The van der Waals surface area contributed by atoms with E-state index < -0.39 is 64.7 Å². The number of benzene rings is 2. The highest BCUT2D eigenvalue weighted by Crippen LogP contribution is 2.61. The molecule has 8 rings (SSSR count). The van der Waals surface area contributed by atoms with Gasteiger partial charge < -0.3 is 20.3 Å². The summed E-state index contributed by atoms with van der Waals surface area (Å²) in [6.45, 7) is 3.75. The molecule has 1 saturated carbocycles. The molecule has 3 N–H and O–H groups in total. The summed E-state index contributed by atoms with van der Waals surface area (Å²) in [4.78, 5) is 71.5.